The zero-order chi connectivity index (χ0) is 7.44. The largest absolute Gasteiger partial charge is 0.272 e. The lowest BCUT2D eigenvalue weighted by molar-refractivity contribution is -0.184. The molecule has 0 aromatic heterocycles. The third-order valence-electron chi connectivity index (χ3n) is 0.755. The third-order valence-corrected chi connectivity index (χ3v) is 0.755. The smallest absolute Gasteiger partial charge is 0.250 e. The maximum absolute atomic E-state index is 10.4. The molecular weight excluding hydrogens is 122 g/mol. The van der Waals surface area contributed by atoms with Gasteiger partial charge in [-0.05, 0) is 0 Å². The van der Waals surface area contributed by atoms with E-state index in [1.807, 2.05) is 0 Å². The maximum Gasteiger partial charge on any atom is 0.250 e. The third kappa shape index (κ3) is 2.23. The molecule has 4 heteroatoms. The summed E-state index contributed by atoms with van der Waals surface area (Å²) in [5, 5.41) is 0.681. The molecule has 0 aliphatic rings. The highest BCUT2D eigenvalue weighted by Crippen LogP contribution is 1.88. The Morgan fingerprint density at radius 3 is 1.56 bits per heavy atom. The van der Waals surface area contributed by atoms with E-state index in [4.69, 9.17) is 0 Å². The number of hydrogen-bond donors (Lipinski definition) is 0. The van der Waals surface area contributed by atoms with E-state index in [-0.39, 0.29) is 0 Å². The molecule has 0 unspecified atom stereocenters. The second kappa shape index (κ2) is 3.19. The van der Waals surface area contributed by atoms with Gasteiger partial charge in [-0.15, -0.1) is 0 Å². The van der Waals surface area contributed by atoms with Crippen LogP contribution < -0.4 is 0 Å². The van der Waals surface area contributed by atoms with Crippen LogP contribution in [0.15, 0.2) is 0 Å². The average molecular weight is 131 g/mol. The van der Waals surface area contributed by atoms with Crippen molar-refractivity contribution in [2.75, 3.05) is 7.11 Å². The Morgan fingerprint density at radius 2 is 1.56 bits per heavy atom. The topological polar surface area (TPSA) is 46.6 Å². The molecule has 0 rings (SSSR count). The van der Waals surface area contributed by atoms with E-state index in [9.17, 15) is 9.59 Å². The molecule has 0 atom stereocenters. The van der Waals surface area contributed by atoms with E-state index in [2.05, 4.69) is 4.84 Å². The Hall–Kier alpha value is -0.900. The molecule has 2 amide bonds. The molecule has 0 saturated heterocycles. The van der Waals surface area contributed by atoms with E-state index < -0.39 is 11.8 Å². The van der Waals surface area contributed by atoms with Gasteiger partial charge >= 0.3 is 0 Å². The van der Waals surface area contributed by atoms with Gasteiger partial charge in [-0.3, -0.25) is 14.4 Å². The monoisotopic (exact) mass is 131 g/mol. The van der Waals surface area contributed by atoms with E-state index in [0.29, 0.717) is 5.06 Å². The van der Waals surface area contributed by atoms with Gasteiger partial charge in [-0.25, -0.2) is 0 Å². The van der Waals surface area contributed by atoms with E-state index >= 15 is 0 Å². The minimum atomic E-state index is -0.412. The van der Waals surface area contributed by atoms with Gasteiger partial charge < -0.3 is 0 Å². The van der Waals surface area contributed by atoms with E-state index in [1.165, 1.54) is 21.0 Å². The molecule has 0 aliphatic carbocycles. The zero-order valence-electron chi connectivity index (χ0n) is 5.67. The standard InChI is InChI=1S/C5H9NO3/c1-4(7)6(9-3)5(2)8/h1-3H3. The lowest BCUT2D eigenvalue weighted by Gasteiger charge is -2.11. The zero-order valence-corrected chi connectivity index (χ0v) is 5.67. The Morgan fingerprint density at radius 1 is 1.22 bits per heavy atom. The fraction of sp³-hybridized carbons (Fsp3) is 0.600. The minimum absolute atomic E-state index is 0.412. The highest BCUT2D eigenvalue weighted by atomic mass is 16.7. The Kier molecular flexibility index (Phi) is 2.87. The quantitative estimate of drug-likeness (QED) is 0.468. The van der Waals surface area contributed by atoms with Crippen molar-refractivity contribution in [3.63, 3.8) is 0 Å². The maximum atomic E-state index is 10.4. The van der Waals surface area contributed by atoms with Crippen LogP contribution in [0.5, 0.6) is 0 Å². The van der Waals surface area contributed by atoms with Crippen LogP contribution in [0.4, 0.5) is 0 Å². The molecule has 0 aromatic rings. The van der Waals surface area contributed by atoms with Gasteiger partial charge in [0.1, 0.15) is 0 Å². The summed E-state index contributed by atoms with van der Waals surface area (Å²) < 4.78 is 0. The van der Waals surface area contributed by atoms with Crippen LogP contribution in [0.1, 0.15) is 13.8 Å². The molecule has 4 nitrogen and oxygen atoms in total. The predicted octanol–water partition coefficient (Wildman–Crippen LogP) is -0.0572. The first-order chi connectivity index (χ1) is 4.09. The molecule has 0 aliphatic heterocycles. The lowest BCUT2D eigenvalue weighted by atomic mass is 10.6. The van der Waals surface area contributed by atoms with Crippen molar-refractivity contribution in [3.8, 4) is 0 Å². The fourth-order valence-electron chi connectivity index (χ4n) is 0.479. The van der Waals surface area contributed by atoms with Gasteiger partial charge in [0.2, 0.25) is 11.8 Å². The molecule has 0 fully saturated rings. The fourth-order valence-corrected chi connectivity index (χ4v) is 0.479. The average Bonchev–Trinajstić information content (AvgIpc) is 1.64. The summed E-state index contributed by atoms with van der Waals surface area (Å²) in [6.07, 6.45) is 0. The van der Waals surface area contributed by atoms with Gasteiger partial charge in [-0.2, -0.15) is 5.06 Å². The van der Waals surface area contributed by atoms with Crippen LogP contribution in [0, 0.1) is 0 Å². The molecule has 0 N–H and O–H groups in total. The second-order valence-corrected chi connectivity index (χ2v) is 1.51. The highest BCUT2D eigenvalue weighted by Gasteiger charge is 2.11. The predicted molar refractivity (Wildman–Crippen MR) is 30.2 cm³/mol. The molecule has 0 aromatic carbocycles. The highest BCUT2D eigenvalue weighted by molar-refractivity contribution is 5.91. The minimum Gasteiger partial charge on any atom is -0.272 e. The number of nitrogens with zero attached hydrogens (tertiary/aromatic N) is 1. The molecule has 52 valence electrons. The number of amides is 2. The van der Waals surface area contributed by atoms with Crippen molar-refractivity contribution in [1.29, 1.82) is 0 Å². The Balaban J connectivity index is 3.99. The Labute approximate surface area is 53.3 Å². The van der Waals surface area contributed by atoms with Crippen LogP contribution >= 0.6 is 0 Å². The van der Waals surface area contributed by atoms with Crippen molar-refractivity contribution in [3.05, 3.63) is 0 Å². The summed E-state index contributed by atoms with van der Waals surface area (Å²) >= 11 is 0. The van der Waals surface area contributed by atoms with Crippen LogP contribution in [-0.4, -0.2) is 24.0 Å². The molecule has 0 bridgehead atoms. The van der Waals surface area contributed by atoms with E-state index in [1.54, 1.807) is 0 Å². The van der Waals surface area contributed by atoms with Crippen molar-refractivity contribution in [2.45, 2.75) is 13.8 Å². The number of hydroxylamine groups is 2. The lowest BCUT2D eigenvalue weighted by Crippen LogP contribution is -2.31. The molecule has 9 heavy (non-hydrogen) atoms. The molecule has 0 saturated carbocycles. The number of imide groups is 1. The number of carbonyl (C=O) groups excluding carboxylic acids is 2. The molecule has 0 spiro atoms. The van der Waals surface area contributed by atoms with Crippen LogP contribution in [0.3, 0.4) is 0 Å². The van der Waals surface area contributed by atoms with Crippen LogP contribution in [0.2, 0.25) is 0 Å². The van der Waals surface area contributed by atoms with Crippen molar-refractivity contribution < 1.29 is 14.4 Å². The molecular formula is C5H9NO3. The summed E-state index contributed by atoms with van der Waals surface area (Å²) in [7, 11) is 1.27. The van der Waals surface area contributed by atoms with Gasteiger partial charge in [0.05, 0.1) is 7.11 Å². The second-order valence-electron chi connectivity index (χ2n) is 1.51. The summed E-state index contributed by atoms with van der Waals surface area (Å²) in [6, 6.07) is 0. The molecule has 0 radical (unpaired) electrons. The van der Waals surface area contributed by atoms with Gasteiger partial charge in [0.15, 0.2) is 0 Å². The number of rotatable bonds is 1. The summed E-state index contributed by atoms with van der Waals surface area (Å²) in [5.41, 5.74) is 0. The SMILES string of the molecule is CON(C(C)=O)C(C)=O. The first kappa shape index (κ1) is 8.10. The van der Waals surface area contributed by atoms with Gasteiger partial charge in [-0.1, -0.05) is 0 Å². The summed E-state index contributed by atoms with van der Waals surface area (Å²) in [4.78, 5) is 25.2. The first-order valence-electron chi connectivity index (χ1n) is 2.45. The summed E-state index contributed by atoms with van der Waals surface area (Å²) in [6.45, 7) is 2.51. The van der Waals surface area contributed by atoms with Crippen molar-refractivity contribution >= 4 is 11.8 Å². The van der Waals surface area contributed by atoms with E-state index in [0.717, 1.165) is 0 Å². The van der Waals surface area contributed by atoms with Crippen molar-refractivity contribution in [1.82, 2.24) is 5.06 Å². The molecule has 0 heterocycles. The summed E-state index contributed by atoms with van der Waals surface area (Å²) in [5.74, 6) is -0.824. The first-order valence-corrected chi connectivity index (χ1v) is 2.45. The number of hydrogen-bond acceptors (Lipinski definition) is 3. The van der Waals surface area contributed by atoms with Gasteiger partial charge in [0.25, 0.3) is 0 Å². The van der Waals surface area contributed by atoms with Crippen LogP contribution in [0.25, 0.3) is 0 Å². The number of carbonyl (C=O) groups is 2. The van der Waals surface area contributed by atoms with Crippen LogP contribution in [-0.2, 0) is 14.4 Å². The van der Waals surface area contributed by atoms with Gasteiger partial charge in [0, 0.05) is 13.8 Å². The van der Waals surface area contributed by atoms with Crippen molar-refractivity contribution in [2.24, 2.45) is 0 Å². The Bertz CT molecular complexity index is 118. The normalized spacial score (nSPS) is 8.78.